The Morgan fingerprint density at radius 3 is 2.88 bits per heavy atom. The SMILES string of the molecule is CCC1(C)NCN(CCOCC2CC2)C1=O. The van der Waals surface area contributed by atoms with Crippen LogP contribution in [0.2, 0.25) is 0 Å². The van der Waals surface area contributed by atoms with Gasteiger partial charge >= 0.3 is 0 Å². The maximum atomic E-state index is 12.0. The summed E-state index contributed by atoms with van der Waals surface area (Å²) < 4.78 is 5.55. The normalized spacial score (nSPS) is 30.1. The highest BCUT2D eigenvalue weighted by Crippen LogP contribution is 2.28. The molecule has 0 aromatic heterocycles. The second kappa shape index (κ2) is 4.72. The third kappa shape index (κ3) is 2.55. The molecule has 92 valence electrons. The summed E-state index contributed by atoms with van der Waals surface area (Å²) in [4.78, 5) is 13.9. The van der Waals surface area contributed by atoms with Gasteiger partial charge < -0.3 is 9.64 Å². The average molecular weight is 226 g/mol. The highest BCUT2D eigenvalue weighted by Gasteiger charge is 2.40. The van der Waals surface area contributed by atoms with Gasteiger partial charge in [0.25, 0.3) is 0 Å². The van der Waals surface area contributed by atoms with Crippen LogP contribution in [0.4, 0.5) is 0 Å². The number of amides is 1. The number of hydrogen-bond acceptors (Lipinski definition) is 3. The van der Waals surface area contributed by atoms with Gasteiger partial charge in [-0.25, -0.2) is 0 Å². The first-order chi connectivity index (χ1) is 7.65. The zero-order valence-corrected chi connectivity index (χ0v) is 10.3. The molecule has 0 aromatic rings. The van der Waals surface area contributed by atoms with Crippen molar-refractivity contribution in [3.8, 4) is 0 Å². The van der Waals surface area contributed by atoms with E-state index in [0.717, 1.165) is 18.9 Å². The molecule has 1 saturated heterocycles. The molecule has 4 heteroatoms. The Morgan fingerprint density at radius 2 is 2.31 bits per heavy atom. The predicted molar refractivity (Wildman–Crippen MR) is 62.0 cm³/mol. The first-order valence-electron chi connectivity index (χ1n) is 6.28. The molecular weight excluding hydrogens is 204 g/mol. The van der Waals surface area contributed by atoms with Gasteiger partial charge in [0.2, 0.25) is 5.91 Å². The number of nitrogens with one attached hydrogen (secondary N) is 1. The largest absolute Gasteiger partial charge is 0.379 e. The molecule has 0 radical (unpaired) electrons. The van der Waals surface area contributed by atoms with Crippen molar-refractivity contribution in [1.29, 1.82) is 0 Å². The fraction of sp³-hybridized carbons (Fsp3) is 0.917. The van der Waals surface area contributed by atoms with Crippen molar-refractivity contribution in [3.63, 3.8) is 0 Å². The Labute approximate surface area is 97.3 Å². The maximum Gasteiger partial charge on any atom is 0.243 e. The number of carbonyl (C=O) groups is 1. The summed E-state index contributed by atoms with van der Waals surface area (Å²) in [7, 11) is 0. The van der Waals surface area contributed by atoms with Crippen molar-refractivity contribution in [2.45, 2.75) is 38.6 Å². The van der Waals surface area contributed by atoms with E-state index in [1.54, 1.807) is 0 Å². The maximum absolute atomic E-state index is 12.0. The van der Waals surface area contributed by atoms with Crippen LogP contribution in [-0.4, -0.2) is 42.8 Å². The monoisotopic (exact) mass is 226 g/mol. The summed E-state index contributed by atoms with van der Waals surface area (Å²) in [5, 5.41) is 3.27. The minimum absolute atomic E-state index is 0.213. The van der Waals surface area contributed by atoms with E-state index < -0.39 is 0 Å². The Kier molecular flexibility index (Phi) is 3.50. The summed E-state index contributed by atoms with van der Waals surface area (Å²) in [6.45, 7) is 6.94. The predicted octanol–water partition coefficient (Wildman–Crippen LogP) is 0.971. The quantitative estimate of drug-likeness (QED) is 0.686. The van der Waals surface area contributed by atoms with E-state index in [-0.39, 0.29) is 11.4 Å². The zero-order valence-electron chi connectivity index (χ0n) is 10.3. The standard InChI is InChI=1S/C12H22N2O2/c1-3-12(2)11(15)14(9-13-12)6-7-16-8-10-4-5-10/h10,13H,3-9H2,1-2H3. The van der Waals surface area contributed by atoms with Crippen LogP contribution in [0.25, 0.3) is 0 Å². The van der Waals surface area contributed by atoms with Gasteiger partial charge in [-0.05, 0) is 32.1 Å². The van der Waals surface area contributed by atoms with Crippen LogP contribution in [0.3, 0.4) is 0 Å². The Bertz CT molecular complexity index is 266. The topological polar surface area (TPSA) is 41.6 Å². The smallest absolute Gasteiger partial charge is 0.243 e. The molecule has 0 bridgehead atoms. The summed E-state index contributed by atoms with van der Waals surface area (Å²) in [6, 6.07) is 0. The minimum atomic E-state index is -0.351. The number of hydrogen-bond donors (Lipinski definition) is 1. The lowest BCUT2D eigenvalue weighted by molar-refractivity contribution is -0.132. The molecule has 0 aromatic carbocycles. The number of carbonyl (C=O) groups excluding carboxylic acids is 1. The molecule has 1 unspecified atom stereocenters. The molecule has 2 rings (SSSR count). The zero-order chi connectivity index (χ0) is 11.6. The molecular formula is C12H22N2O2. The van der Waals surface area contributed by atoms with Crippen molar-refractivity contribution < 1.29 is 9.53 Å². The summed E-state index contributed by atoms with van der Waals surface area (Å²) in [6.07, 6.45) is 3.47. The van der Waals surface area contributed by atoms with E-state index in [1.807, 2.05) is 18.7 Å². The average Bonchev–Trinajstić information content (AvgIpc) is 3.06. The van der Waals surface area contributed by atoms with Crippen LogP contribution >= 0.6 is 0 Å². The molecule has 2 aliphatic rings. The van der Waals surface area contributed by atoms with Crippen molar-refractivity contribution in [2.24, 2.45) is 5.92 Å². The van der Waals surface area contributed by atoms with Crippen LogP contribution in [0.15, 0.2) is 0 Å². The van der Waals surface area contributed by atoms with Crippen LogP contribution in [0.1, 0.15) is 33.1 Å². The Balaban J connectivity index is 1.67. The van der Waals surface area contributed by atoms with Gasteiger partial charge in [0.15, 0.2) is 0 Å². The van der Waals surface area contributed by atoms with Crippen molar-refractivity contribution >= 4 is 5.91 Å². The van der Waals surface area contributed by atoms with Crippen LogP contribution in [-0.2, 0) is 9.53 Å². The van der Waals surface area contributed by atoms with E-state index in [1.165, 1.54) is 12.8 Å². The lowest BCUT2D eigenvalue weighted by Crippen LogP contribution is -2.43. The second-order valence-electron chi connectivity index (χ2n) is 5.11. The van der Waals surface area contributed by atoms with Crippen LogP contribution in [0, 0.1) is 5.92 Å². The van der Waals surface area contributed by atoms with Crippen molar-refractivity contribution in [2.75, 3.05) is 26.4 Å². The molecule has 1 saturated carbocycles. The van der Waals surface area contributed by atoms with E-state index in [2.05, 4.69) is 5.32 Å². The van der Waals surface area contributed by atoms with Gasteiger partial charge in [-0.2, -0.15) is 0 Å². The fourth-order valence-corrected chi connectivity index (χ4v) is 1.93. The lowest BCUT2D eigenvalue weighted by atomic mass is 9.99. The third-order valence-corrected chi connectivity index (χ3v) is 3.68. The van der Waals surface area contributed by atoms with E-state index >= 15 is 0 Å². The van der Waals surface area contributed by atoms with E-state index in [9.17, 15) is 4.79 Å². The molecule has 1 aliphatic heterocycles. The number of rotatable bonds is 6. The number of ether oxygens (including phenoxy) is 1. The molecule has 16 heavy (non-hydrogen) atoms. The summed E-state index contributed by atoms with van der Waals surface area (Å²) in [5.74, 6) is 1.01. The number of nitrogens with zero attached hydrogens (tertiary/aromatic N) is 1. The van der Waals surface area contributed by atoms with Gasteiger partial charge in [0, 0.05) is 13.2 Å². The lowest BCUT2D eigenvalue weighted by Gasteiger charge is -2.20. The highest BCUT2D eigenvalue weighted by molar-refractivity contribution is 5.87. The first kappa shape index (κ1) is 11.9. The highest BCUT2D eigenvalue weighted by atomic mass is 16.5. The molecule has 1 amide bonds. The molecule has 4 nitrogen and oxygen atoms in total. The minimum Gasteiger partial charge on any atom is -0.379 e. The Morgan fingerprint density at radius 1 is 1.56 bits per heavy atom. The van der Waals surface area contributed by atoms with Gasteiger partial charge in [-0.1, -0.05) is 6.92 Å². The van der Waals surface area contributed by atoms with Crippen LogP contribution in [0.5, 0.6) is 0 Å². The van der Waals surface area contributed by atoms with E-state index in [0.29, 0.717) is 19.8 Å². The Hall–Kier alpha value is -0.610. The van der Waals surface area contributed by atoms with Gasteiger partial charge in [-0.15, -0.1) is 0 Å². The molecule has 0 spiro atoms. The van der Waals surface area contributed by atoms with Crippen LogP contribution < -0.4 is 5.32 Å². The third-order valence-electron chi connectivity index (χ3n) is 3.68. The van der Waals surface area contributed by atoms with Gasteiger partial charge in [0.05, 0.1) is 18.8 Å². The van der Waals surface area contributed by atoms with Gasteiger partial charge in [0.1, 0.15) is 0 Å². The molecule has 1 heterocycles. The second-order valence-corrected chi connectivity index (χ2v) is 5.11. The van der Waals surface area contributed by atoms with Gasteiger partial charge in [-0.3, -0.25) is 10.1 Å². The summed E-state index contributed by atoms with van der Waals surface area (Å²) >= 11 is 0. The van der Waals surface area contributed by atoms with Crippen molar-refractivity contribution in [3.05, 3.63) is 0 Å². The first-order valence-corrected chi connectivity index (χ1v) is 6.28. The molecule has 2 fully saturated rings. The summed E-state index contributed by atoms with van der Waals surface area (Å²) in [5.41, 5.74) is -0.351. The molecule has 1 N–H and O–H groups in total. The van der Waals surface area contributed by atoms with Crippen molar-refractivity contribution in [1.82, 2.24) is 10.2 Å². The fourth-order valence-electron chi connectivity index (χ4n) is 1.93. The molecule has 1 atom stereocenters. The van der Waals surface area contributed by atoms with E-state index in [4.69, 9.17) is 4.74 Å². The molecule has 1 aliphatic carbocycles.